The molecule has 0 fully saturated rings. The number of hydrogen-bond acceptors (Lipinski definition) is 4. The van der Waals surface area contributed by atoms with Gasteiger partial charge in [0.2, 0.25) is 0 Å². The molecule has 3 N–H and O–H groups in total. The van der Waals surface area contributed by atoms with Gasteiger partial charge in [-0.1, -0.05) is 11.6 Å². The molecule has 0 saturated heterocycles. The van der Waals surface area contributed by atoms with Gasteiger partial charge < -0.3 is 11.1 Å². The lowest BCUT2D eigenvalue weighted by atomic mass is 10.4. The first-order valence-corrected chi connectivity index (χ1v) is 5.63. The molecule has 78 valence electrons. The largest absolute Gasteiger partial charge is 0.399 e. The summed E-state index contributed by atoms with van der Waals surface area (Å²) >= 11 is 7.38. The molecule has 0 aliphatic carbocycles. The lowest BCUT2D eigenvalue weighted by Gasteiger charge is -2.03. The number of nitrogens with one attached hydrogen (secondary N) is 1. The van der Waals surface area contributed by atoms with Crippen molar-refractivity contribution in [2.24, 2.45) is 0 Å². The molecule has 0 spiro atoms. The van der Waals surface area contributed by atoms with Crippen molar-refractivity contribution in [3.8, 4) is 0 Å². The molecule has 2 heterocycles. The topological polar surface area (TPSA) is 50.9 Å². The molecule has 0 aromatic carbocycles. The normalized spacial score (nSPS) is 10.2. The minimum absolute atomic E-state index is 0.705. The van der Waals surface area contributed by atoms with Gasteiger partial charge in [0.05, 0.1) is 10.9 Å². The summed E-state index contributed by atoms with van der Waals surface area (Å²) in [6.45, 7) is 0.716. The van der Waals surface area contributed by atoms with Crippen LogP contribution < -0.4 is 11.1 Å². The summed E-state index contributed by atoms with van der Waals surface area (Å²) in [5.41, 5.74) is 6.34. The molecule has 3 nitrogen and oxygen atoms in total. The smallest absolute Gasteiger partial charge is 0.128 e. The van der Waals surface area contributed by atoms with E-state index in [2.05, 4.69) is 10.3 Å². The Kier molecular flexibility index (Phi) is 3.08. The Hall–Kier alpha value is -1.26. The van der Waals surface area contributed by atoms with Crippen LogP contribution >= 0.6 is 22.9 Å². The Morgan fingerprint density at radius 1 is 1.40 bits per heavy atom. The van der Waals surface area contributed by atoms with Crippen LogP contribution in [0, 0.1) is 0 Å². The molecule has 0 aliphatic rings. The SMILES string of the molecule is Nc1ccnc(NCc2ccc(Cl)s2)c1. The second-order valence-corrected chi connectivity index (χ2v) is 4.83. The quantitative estimate of drug-likeness (QED) is 0.866. The second-order valence-electron chi connectivity index (χ2n) is 3.03. The third-order valence-electron chi connectivity index (χ3n) is 1.86. The van der Waals surface area contributed by atoms with Gasteiger partial charge in [-0.05, 0) is 18.2 Å². The Balaban J connectivity index is 1.99. The molecule has 0 atom stereocenters. The van der Waals surface area contributed by atoms with Gasteiger partial charge in [0.25, 0.3) is 0 Å². The Morgan fingerprint density at radius 2 is 2.27 bits per heavy atom. The zero-order valence-corrected chi connectivity index (χ0v) is 9.48. The first kappa shape index (κ1) is 10.3. The molecule has 0 unspecified atom stereocenters. The minimum Gasteiger partial charge on any atom is -0.399 e. The van der Waals surface area contributed by atoms with E-state index in [1.165, 1.54) is 4.88 Å². The number of halogens is 1. The van der Waals surface area contributed by atoms with E-state index in [0.29, 0.717) is 12.2 Å². The summed E-state index contributed by atoms with van der Waals surface area (Å²) in [4.78, 5) is 5.31. The van der Waals surface area contributed by atoms with E-state index in [9.17, 15) is 0 Å². The number of hydrogen-bond donors (Lipinski definition) is 2. The van der Waals surface area contributed by atoms with Gasteiger partial charge in [-0.25, -0.2) is 4.98 Å². The van der Waals surface area contributed by atoms with Crippen LogP contribution in [0.2, 0.25) is 4.34 Å². The predicted molar refractivity (Wildman–Crippen MR) is 65.3 cm³/mol. The van der Waals surface area contributed by atoms with Gasteiger partial charge in [0, 0.05) is 22.8 Å². The molecule has 15 heavy (non-hydrogen) atoms. The Labute approximate surface area is 96.9 Å². The first-order chi connectivity index (χ1) is 7.24. The zero-order chi connectivity index (χ0) is 10.7. The van der Waals surface area contributed by atoms with Crippen molar-refractivity contribution in [3.63, 3.8) is 0 Å². The van der Waals surface area contributed by atoms with Crippen molar-refractivity contribution in [1.29, 1.82) is 0 Å². The van der Waals surface area contributed by atoms with Crippen LogP contribution in [-0.4, -0.2) is 4.98 Å². The second kappa shape index (κ2) is 4.51. The number of aromatic nitrogens is 1. The van der Waals surface area contributed by atoms with Crippen molar-refractivity contribution in [2.75, 3.05) is 11.1 Å². The average molecular weight is 240 g/mol. The number of anilines is 2. The number of nitrogens with two attached hydrogens (primary N) is 1. The molecule has 5 heteroatoms. The zero-order valence-electron chi connectivity index (χ0n) is 7.90. The molecule has 0 saturated carbocycles. The summed E-state index contributed by atoms with van der Waals surface area (Å²) in [5.74, 6) is 0.777. The lowest BCUT2D eigenvalue weighted by molar-refractivity contribution is 1.14. The predicted octanol–water partition coefficient (Wildman–Crippen LogP) is 2.99. The van der Waals surface area contributed by atoms with E-state index in [4.69, 9.17) is 17.3 Å². The van der Waals surface area contributed by atoms with E-state index in [0.717, 1.165) is 10.2 Å². The summed E-state index contributed by atoms with van der Waals surface area (Å²) in [5, 5.41) is 3.18. The van der Waals surface area contributed by atoms with Crippen LogP contribution in [0.15, 0.2) is 30.5 Å². The number of nitrogen functional groups attached to an aromatic ring is 1. The van der Waals surface area contributed by atoms with Crippen LogP contribution in [0.3, 0.4) is 0 Å². The molecule has 0 amide bonds. The monoisotopic (exact) mass is 239 g/mol. The molecule has 2 aromatic rings. The van der Waals surface area contributed by atoms with E-state index in [-0.39, 0.29) is 0 Å². The summed E-state index contributed by atoms with van der Waals surface area (Å²) in [6, 6.07) is 7.44. The Bertz CT molecular complexity index is 455. The molecule has 2 aromatic heterocycles. The number of nitrogens with zero attached hydrogens (tertiary/aromatic N) is 1. The maximum Gasteiger partial charge on any atom is 0.128 e. The van der Waals surface area contributed by atoms with E-state index < -0.39 is 0 Å². The first-order valence-electron chi connectivity index (χ1n) is 4.43. The summed E-state index contributed by atoms with van der Waals surface area (Å²) in [6.07, 6.45) is 1.68. The van der Waals surface area contributed by atoms with Crippen LogP contribution in [0.1, 0.15) is 4.88 Å². The van der Waals surface area contributed by atoms with Crippen LogP contribution in [0.25, 0.3) is 0 Å². The van der Waals surface area contributed by atoms with Crippen molar-refractivity contribution >= 4 is 34.4 Å². The van der Waals surface area contributed by atoms with E-state index in [1.54, 1.807) is 29.7 Å². The minimum atomic E-state index is 0.705. The number of rotatable bonds is 3. The van der Waals surface area contributed by atoms with E-state index in [1.807, 2.05) is 12.1 Å². The van der Waals surface area contributed by atoms with E-state index >= 15 is 0 Å². The van der Waals surface area contributed by atoms with Crippen LogP contribution in [-0.2, 0) is 6.54 Å². The maximum atomic E-state index is 5.82. The molecule has 2 rings (SSSR count). The molecular formula is C10H10ClN3S. The highest BCUT2D eigenvalue weighted by atomic mass is 35.5. The molecule has 0 bridgehead atoms. The average Bonchev–Trinajstić information content (AvgIpc) is 2.62. The Morgan fingerprint density at radius 3 is 2.93 bits per heavy atom. The highest BCUT2D eigenvalue weighted by Crippen LogP contribution is 2.22. The standard InChI is InChI=1S/C10H10ClN3S/c11-9-2-1-8(15-9)6-14-10-5-7(12)3-4-13-10/h1-5H,6H2,(H3,12,13,14). The molecular weight excluding hydrogens is 230 g/mol. The fourth-order valence-corrected chi connectivity index (χ4v) is 2.20. The van der Waals surface area contributed by atoms with Gasteiger partial charge in [0.1, 0.15) is 5.82 Å². The fraction of sp³-hybridized carbons (Fsp3) is 0.100. The molecule has 0 radical (unpaired) electrons. The highest BCUT2D eigenvalue weighted by molar-refractivity contribution is 7.16. The summed E-state index contributed by atoms with van der Waals surface area (Å²) in [7, 11) is 0. The van der Waals surface area contributed by atoms with Crippen molar-refractivity contribution in [2.45, 2.75) is 6.54 Å². The van der Waals surface area contributed by atoms with Crippen molar-refractivity contribution in [3.05, 3.63) is 39.7 Å². The van der Waals surface area contributed by atoms with Gasteiger partial charge in [0.15, 0.2) is 0 Å². The molecule has 0 aliphatic heterocycles. The van der Waals surface area contributed by atoms with Gasteiger partial charge in [-0.2, -0.15) is 0 Å². The summed E-state index contributed by atoms with van der Waals surface area (Å²) < 4.78 is 0.798. The van der Waals surface area contributed by atoms with Crippen LogP contribution in [0.4, 0.5) is 11.5 Å². The highest BCUT2D eigenvalue weighted by Gasteiger charge is 1.98. The van der Waals surface area contributed by atoms with Crippen molar-refractivity contribution < 1.29 is 0 Å². The van der Waals surface area contributed by atoms with Crippen molar-refractivity contribution in [1.82, 2.24) is 4.98 Å². The van der Waals surface area contributed by atoms with Gasteiger partial charge in [-0.3, -0.25) is 0 Å². The fourth-order valence-electron chi connectivity index (χ4n) is 1.17. The number of thiophene rings is 1. The van der Waals surface area contributed by atoms with Gasteiger partial charge in [-0.15, -0.1) is 11.3 Å². The lowest BCUT2D eigenvalue weighted by Crippen LogP contribution is -2.00. The number of pyridine rings is 1. The van der Waals surface area contributed by atoms with Gasteiger partial charge >= 0.3 is 0 Å². The van der Waals surface area contributed by atoms with Crippen LogP contribution in [0.5, 0.6) is 0 Å². The maximum absolute atomic E-state index is 5.82. The third kappa shape index (κ3) is 2.84. The third-order valence-corrected chi connectivity index (χ3v) is 3.09.